The third kappa shape index (κ3) is 4.30. The summed E-state index contributed by atoms with van der Waals surface area (Å²) in [6.45, 7) is 0.179. The molecule has 0 saturated heterocycles. The number of halogens is 3. The first-order valence-corrected chi connectivity index (χ1v) is 7.21. The molecule has 0 aliphatic rings. The first kappa shape index (κ1) is 16.5. The number of nitrogens with zero attached hydrogens (tertiary/aromatic N) is 1. The van der Waals surface area contributed by atoms with Crippen LogP contribution in [0.3, 0.4) is 0 Å². The van der Waals surface area contributed by atoms with Crippen molar-refractivity contribution in [2.75, 3.05) is 13.7 Å². The van der Waals surface area contributed by atoms with Gasteiger partial charge in [0.25, 0.3) is 0 Å². The minimum absolute atomic E-state index is 0.456. The SMILES string of the molecule is COc1ccc2nc(SC(C)C(=O)NCC(F)(F)F)[nH]c2c1. The van der Waals surface area contributed by atoms with Gasteiger partial charge in [-0.15, -0.1) is 0 Å². The maximum absolute atomic E-state index is 12.1. The first-order valence-electron chi connectivity index (χ1n) is 6.33. The van der Waals surface area contributed by atoms with Gasteiger partial charge < -0.3 is 15.0 Å². The summed E-state index contributed by atoms with van der Waals surface area (Å²) < 4.78 is 41.3. The summed E-state index contributed by atoms with van der Waals surface area (Å²) in [6, 6.07) is 5.25. The van der Waals surface area contributed by atoms with Crippen molar-refractivity contribution in [3.8, 4) is 5.75 Å². The Morgan fingerprint density at radius 2 is 2.23 bits per heavy atom. The van der Waals surface area contributed by atoms with Gasteiger partial charge in [0.05, 0.1) is 23.4 Å². The van der Waals surface area contributed by atoms with Gasteiger partial charge in [-0.05, 0) is 19.1 Å². The lowest BCUT2D eigenvalue weighted by atomic mass is 10.3. The smallest absolute Gasteiger partial charge is 0.405 e. The number of hydrogen-bond acceptors (Lipinski definition) is 4. The molecule has 1 aromatic heterocycles. The maximum Gasteiger partial charge on any atom is 0.405 e. The molecule has 5 nitrogen and oxygen atoms in total. The van der Waals surface area contributed by atoms with Gasteiger partial charge in [-0.2, -0.15) is 13.2 Å². The van der Waals surface area contributed by atoms with Gasteiger partial charge in [-0.1, -0.05) is 11.8 Å². The van der Waals surface area contributed by atoms with Crippen LogP contribution in [0, 0.1) is 0 Å². The van der Waals surface area contributed by atoms with E-state index in [0.29, 0.717) is 16.4 Å². The van der Waals surface area contributed by atoms with Gasteiger partial charge in [-0.3, -0.25) is 4.79 Å². The Morgan fingerprint density at radius 3 is 2.86 bits per heavy atom. The fourth-order valence-electron chi connectivity index (χ4n) is 1.70. The number of thioether (sulfide) groups is 1. The quantitative estimate of drug-likeness (QED) is 0.826. The van der Waals surface area contributed by atoms with Crippen molar-refractivity contribution >= 4 is 28.7 Å². The van der Waals surface area contributed by atoms with E-state index in [4.69, 9.17) is 4.74 Å². The number of H-pyrrole nitrogens is 1. The average molecular weight is 333 g/mol. The molecular weight excluding hydrogens is 319 g/mol. The Morgan fingerprint density at radius 1 is 1.50 bits per heavy atom. The van der Waals surface area contributed by atoms with E-state index in [0.717, 1.165) is 17.3 Å². The van der Waals surface area contributed by atoms with E-state index < -0.39 is 23.9 Å². The first-order chi connectivity index (χ1) is 10.3. The number of fused-ring (bicyclic) bond motifs is 1. The minimum Gasteiger partial charge on any atom is -0.497 e. The van der Waals surface area contributed by atoms with Crippen LogP contribution < -0.4 is 10.1 Å². The predicted octanol–water partition coefficient (Wildman–Crippen LogP) is 2.73. The van der Waals surface area contributed by atoms with Gasteiger partial charge in [0.1, 0.15) is 12.3 Å². The summed E-state index contributed by atoms with van der Waals surface area (Å²) in [6.07, 6.45) is -4.42. The number of hydrogen-bond donors (Lipinski definition) is 2. The molecule has 1 atom stereocenters. The van der Waals surface area contributed by atoms with E-state index in [9.17, 15) is 18.0 Å². The standard InChI is InChI=1S/C13H14F3N3O2S/c1-7(11(20)17-6-13(14,15)16)22-12-18-9-4-3-8(21-2)5-10(9)19-12/h3-5,7H,6H2,1-2H3,(H,17,20)(H,18,19). The fourth-order valence-corrected chi connectivity index (χ4v) is 2.55. The Kier molecular flexibility index (Phi) is 4.84. The summed E-state index contributed by atoms with van der Waals surface area (Å²) in [5, 5.41) is 1.60. The lowest BCUT2D eigenvalue weighted by Crippen LogP contribution is -2.38. The number of benzene rings is 1. The van der Waals surface area contributed by atoms with Crippen LogP contribution in [0.2, 0.25) is 0 Å². The van der Waals surface area contributed by atoms with E-state index in [2.05, 4.69) is 9.97 Å². The average Bonchev–Trinajstić information content (AvgIpc) is 2.84. The zero-order valence-electron chi connectivity index (χ0n) is 11.8. The highest BCUT2D eigenvalue weighted by molar-refractivity contribution is 8.00. The molecule has 0 saturated carbocycles. The normalized spacial score (nSPS) is 13.1. The maximum atomic E-state index is 12.1. The monoisotopic (exact) mass is 333 g/mol. The molecule has 2 aromatic rings. The molecule has 2 N–H and O–H groups in total. The largest absolute Gasteiger partial charge is 0.497 e. The molecule has 1 aromatic carbocycles. The topological polar surface area (TPSA) is 67.0 Å². The molecule has 120 valence electrons. The number of imidazole rings is 1. The number of carbonyl (C=O) groups excluding carboxylic acids is 1. The Hall–Kier alpha value is -1.90. The van der Waals surface area contributed by atoms with E-state index in [1.54, 1.807) is 25.3 Å². The third-order valence-electron chi connectivity index (χ3n) is 2.79. The highest BCUT2D eigenvalue weighted by Crippen LogP contribution is 2.26. The molecule has 1 heterocycles. The number of aromatic nitrogens is 2. The molecule has 0 bridgehead atoms. The van der Waals surface area contributed by atoms with Crippen molar-refractivity contribution in [2.24, 2.45) is 0 Å². The predicted molar refractivity (Wildman–Crippen MR) is 77.0 cm³/mol. The second-order valence-electron chi connectivity index (χ2n) is 4.52. The number of methoxy groups -OCH3 is 1. The van der Waals surface area contributed by atoms with Gasteiger partial charge in [0, 0.05) is 6.07 Å². The summed E-state index contributed by atoms with van der Waals surface area (Å²) in [5.74, 6) is -0.0379. The molecule has 9 heteroatoms. The van der Waals surface area contributed by atoms with Gasteiger partial charge in [0.15, 0.2) is 5.16 Å². The molecule has 0 radical (unpaired) electrons. The highest BCUT2D eigenvalue weighted by Gasteiger charge is 2.29. The van der Waals surface area contributed by atoms with Gasteiger partial charge in [0.2, 0.25) is 5.91 Å². The van der Waals surface area contributed by atoms with Crippen LogP contribution in [0.15, 0.2) is 23.4 Å². The van der Waals surface area contributed by atoms with E-state index in [1.165, 1.54) is 6.92 Å². The molecule has 0 fully saturated rings. The number of aromatic amines is 1. The molecule has 1 unspecified atom stereocenters. The van der Waals surface area contributed by atoms with Crippen LogP contribution in [0.25, 0.3) is 11.0 Å². The number of ether oxygens (including phenoxy) is 1. The van der Waals surface area contributed by atoms with Crippen LogP contribution in [0.1, 0.15) is 6.92 Å². The number of carbonyl (C=O) groups is 1. The summed E-state index contributed by atoms with van der Waals surface area (Å²) in [4.78, 5) is 18.9. The van der Waals surface area contributed by atoms with Crippen molar-refractivity contribution in [3.05, 3.63) is 18.2 Å². The zero-order valence-corrected chi connectivity index (χ0v) is 12.6. The van der Waals surface area contributed by atoms with Crippen molar-refractivity contribution in [1.82, 2.24) is 15.3 Å². The summed E-state index contributed by atoms with van der Waals surface area (Å²) >= 11 is 1.05. The van der Waals surface area contributed by atoms with Crippen LogP contribution in [0.4, 0.5) is 13.2 Å². The van der Waals surface area contributed by atoms with Crippen molar-refractivity contribution in [1.29, 1.82) is 0 Å². The van der Waals surface area contributed by atoms with E-state index >= 15 is 0 Å². The van der Waals surface area contributed by atoms with Crippen LogP contribution in [0.5, 0.6) is 5.75 Å². The van der Waals surface area contributed by atoms with E-state index in [-0.39, 0.29) is 0 Å². The molecular formula is C13H14F3N3O2S. The molecule has 0 aliphatic carbocycles. The fraction of sp³-hybridized carbons (Fsp3) is 0.385. The second kappa shape index (κ2) is 6.47. The number of nitrogens with one attached hydrogen (secondary N) is 2. The Balaban J connectivity index is 2.02. The molecule has 0 aliphatic heterocycles. The van der Waals surface area contributed by atoms with Crippen molar-refractivity contribution in [2.45, 2.75) is 23.5 Å². The molecule has 1 amide bonds. The van der Waals surface area contributed by atoms with Gasteiger partial charge in [-0.25, -0.2) is 4.98 Å². The van der Waals surface area contributed by atoms with Crippen LogP contribution in [-0.2, 0) is 4.79 Å². The molecule has 2 rings (SSSR count). The van der Waals surface area contributed by atoms with Crippen LogP contribution in [-0.4, -0.2) is 41.0 Å². The summed E-state index contributed by atoms with van der Waals surface area (Å²) in [5.41, 5.74) is 1.41. The lowest BCUT2D eigenvalue weighted by Gasteiger charge is -2.12. The Bertz CT molecular complexity index is 672. The minimum atomic E-state index is -4.42. The zero-order chi connectivity index (χ0) is 16.3. The number of amides is 1. The van der Waals surface area contributed by atoms with Crippen molar-refractivity contribution in [3.63, 3.8) is 0 Å². The van der Waals surface area contributed by atoms with Crippen molar-refractivity contribution < 1.29 is 22.7 Å². The van der Waals surface area contributed by atoms with Gasteiger partial charge >= 0.3 is 6.18 Å². The second-order valence-corrected chi connectivity index (χ2v) is 5.85. The highest BCUT2D eigenvalue weighted by atomic mass is 32.2. The Labute approximate surface area is 128 Å². The lowest BCUT2D eigenvalue weighted by molar-refractivity contribution is -0.137. The number of rotatable bonds is 5. The van der Waals surface area contributed by atoms with Crippen LogP contribution >= 0.6 is 11.8 Å². The number of alkyl halides is 3. The third-order valence-corrected chi connectivity index (χ3v) is 3.77. The summed E-state index contributed by atoms with van der Waals surface area (Å²) in [7, 11) is 1.54. The molecule has 22 heavy (non-hydrogen) atoms. The van der Waals surface area contributed by atoms with E-state index in [1.807, 2.05) is 5.32 Å². The molecule has 0 spiro atoms.